The molecule has 196 valence electrons. The molecule has 2 bridgehead atoms. The summed E-state index contributed by atoms with van der Waals surface area (Å²) in [5.41, 5.74) is 0.176. The monoisotopic (exact) mass is 590 g/mol. The Bertz CT molecular complexity index is 1180. The fraction of sp³-hybridized carbons (Fsp3) is 0.444. The lowest BCUT2D eigenvalue weighted by atomic mass is 9.70. The van der Waals surface area contributed by atoms with Crippen molar-refractivity contribution in [1.29, 1.82) is 0 Å². The molecular formula is C27H28BrClN2O6. The number of rotatable bonds is 8. The van der Waals surface area contributed by atoms with Crippen molar-refractivity contribution in [1.82, 2.24) is 4.90 Å². The van der Waals surface area contributed by atoms with Crippen LogP contribution in [0.25, 0.3) is 0 Å². The van der Waals surface area contributed by atoms with E-state index in [4.69, 9.17) is 21.1 Å². The van der Waals surface area contributed by atoms with Crippen LogP contribution in [0.15, 0.2) is 54.6 Å². The molecule has 3 aliphatic heterocycles. The molecule has 2 aromatic carbocycles. The van der Waals surface area contributed by atoms with Crippen LogP contribution in [0.1, 0.15) is 18.9 Å². The second kappa shape index (κ2) is 10.4. The number of hydrogen-bond donors (Lipinski definition) is 2. The van der Waals surface area contributed by atoms with E-state index in [0.717, 1.165) is 5.56 Å². The molecule has 37 heavy (non-hydrogen) atoms. The SMILES string of the molecule is CCOC(=O)[C@H]1[C@@H]2O[C@@]3(CC2Br)[C@@H]1C(=O)N([C@@H](CO)Cc1ccccc1)[C@@H]3C(=O)Nc1ccc(Cl)cc1. The van der Waals surface area contributed by atoms with Crippen LogP contribution in [0.3, 0.4) is 0 Å². The van der Waals surface area contributed by atoms with Crippen LogP contribution in [0, 0.1) is 11.8 Å². The minimum absolute atomic E-state index is 0.167. The summed E-state index contributed by atoms with van der Waals surface area (Å²) in [7, 11) is 0. The minimum Gasteiger partial charge on any atom is -0.466 e. The number of aliphatic hydroxyl groups excluding tert-OH is 1. The molecule has 0 radical (unpaired) electrons. The summed E-state index contributed by atoms with van der Waals surface area (Å²) in [4.78, 5) is 42.3. The zero-order chi connectivity index (χ0) is 26.3. The van der Waals surface area contributed by atoms with E-state index in [1.54, 1.807) is 31.2 Å². The molecule has 3 heterocycles. The Morgan fingerprint density at radius 3 is 2.59 bits per heavy atom. The number of carbonyl (C=O) groups excluding carboxylic acids is 3. The van der Waals surface area contributed by atoms with E-state index < -0.39 is 47.5 Å². The Morgan fingerprint density at radius 1 is 1.24 bits per heavy atom. The number of likely N-dealkylation sites (tertiary alicyclic amines) is 1. The summed E-state index contributed by atoms with van der Waals surface area (Å²) in [6.07, 6.45) is 0.104. The van der Waals surface area contributed by atoms with Gasteiger partial charge in [0.05, 0.1) is 37.2 Å². The van der Waals surface area contributed by atoms with Gasteiger partial charge in [0.1, 0.15) is 11.6 Å². The largest absolute Gasteiger partial charge is 0.466 e. The molecule has 8 nitrogen and oxygen atoms in total. The molecule has 1 unspecified atom stereocenters. The summed E-state index contributed by atoms with van der Waals surface area (Å²) >= 11 is 9.63. The third-order valence-corrected chi connectivity index (χ3v) is 8.66. The van der Waals surface area contributed by atoms with Gasteiger partial charge in [0.2, 0.25) is 11.8 Å². The fourth-order valence-corrected chi connectivity index (χ4v) is 7.22. The standard InChI is InChI=1S/C27H28BrClN2O6/c1-2-36-26(35)20-21-25(34)31(18(14-32)12-15-6-4-3-5-7-15)23(27(21)13-19(28)22(20)37-27)24(33)30-17-10-8-16(29)9-11-17/h3-11,18-23,32H,2,12-14H2,1H3,(H,30,33)/t18-,19?,20-,21+,22-,23-,27+/m1/s1. The topological polar surface area (TPSA) is 105 Å². The highest BCUT2D eigenvalue weighted by Crippen LogP contribution is 2.60. The first-order valence-corrected chi connectivity index (χ1v) is 13.6. The molecule has 0 saturated carbocycles. The van der Waals surface area contributed by atoms with Crippen LogP contribution in [0.2, 0.25) is 5.02 Å². The van der Waals surface area contributed by atoms with Crippen molar-refractivity contribution < 1.29 is 29.0 Å². The van der Waals surface area contributed by atoms with Gasteiger partial charge in [-0.25, -0.2) is 0 Å². The van der Waals surface area contributed by atoms with Gasteiger partial charge in [0, 0.05) is 15.5 Å². The highest BCUT2D eigenvalue weighted by Gasteiger charge is 2.77. The van der Waals surface area contributed by atoms with E-state index in [0.29, 0.717) is 23.6 Å². The number of carbonyl (C=O) groups is 3. The predicted octanol–water partition coefficient (Wildman–Crippen LogP) is 3.19. The quantitative estimate of drug-likeness (QED) is 0.361. The number of ether oxygens (including phenoxy) is 2. The maximum atomic E-state index is 14.1. The first kappa shape index (κ1) is 26.2. The summed E-state index contributed by atoms with van der Waals surface area (Å²) in [6, 6.07) is 14.4. The van der Waals surface area contributed by atoms with Crippen molar-refractivity contribution in [2.75, 3.05) is 18.5 Å². The number of aliphatic hydroxyl groups is 1. The number of fused-ring (bicyclic) bond motifs is 1. The lowest BCUT2D eigenvalue weighted by Gasteiger charge is -2.37. The lowest BCUT2D eigenvalue weighted by molar-refractivity contribution is -0.155. The number of alkyl halides is 1. The van der Waals surface area contributed by atoms with Gasteiger partial charge in [-0.15, -0.1) is 0 Å². The van der Waals surface area contributed by atoms with Crippen molar-refractivity contribution in [3.05, 3.63) is 65.2 Å². The van der Waals surface area contributed by atoms with E-state index >= 15 is 0 Å². The number of anilines is 1. The first-order chi connectivity index (χ1) is 17.8. The normalized spacial score (nSPS) is 30.8. The van der Waals surface area contributed by atoms with Crippen molar-refractivity contribution >= 4 is 51.0 Å². The maximum absolute atomic E-state index is 14.1. The van der Waals surface area contributed by atoms with Crippen molar-refractivity contribution in [3.63, 3.8) is 0 Å². The van der Waals surface area contributed by atoms with Gasteiger partial charge in [-0.3, -0.25) is 14.4 Å². The van der Waals surface area contributed by atoms with E-state index in [1.807, 2.05) is 30.3 Å². The van der Waals surface area contributed by atoms with Gasteiger partial charge in [0.15, 0.2) is 0 Å². The Morgan fingerprint density at radius 2 is 1.95 bits per heavy atom. The Kier molecular flexibility index (Phi) is 7.33. The maximum Gasteiger partial charge on any atom is 0.312 e. The van der Waals surface area contributed by atoms with Crippen molar-refractivity contribution in [2.45, 2.75) is 48.4 Å². The zero-order valence-electron chi connectivity index (χ0n) is 20.2. The van der Waals surface area contributed by atoms with Crippen molar-refractivity contribution in [3.8, 4) is 0 Å². The van der Waals surface area contributed by atoms with Gasteiger partial charge in [-0.2, -0.15) is 0 Å². The smallest absolute Gasteiger partial charge is 0.312 e. The summed E-state index contributed by atoms with van der Waals surface area (Å²) in [6.45, 7) is 1.51. The summed E-state index contributed by atoms with van der Waals surface area (Å²) in [5, 5.41) is 13.9. The molecule has 5 rings (SSSR count). The Labute approximate surface area is 228 Å². The number of amides is 2. The second-order valence-electron chi connectivity index (χ2n) is 9.68. The number of nitrogens with one attached hydrogen (secondary N) is 1. The van der Waals surface area contributed by atoms with Gasteiger partial charge in [0.25, 0.3) is 0 Å². The highest BCUT2D eigenvalue weighted by atomic mass is 79.9. The van der Waals surface area contributed by atoms with Crippen LogP contribution in [0.5, 0.6) is 0 Å². The van der Waals surface area contributed by atoms with Gasteiger partial charge in [-0.05, 0) is 49.6 Å². The zero-order valence-corrected chi connectivity index (χ0v) is 22.5. The molecule has 2 aromatic rings. The molecule has 0 aliphatic carbocycles. The Hall–Kier alpha value is -2.46. The molecule has 0 aromatic heterocycles. The molecule has 2 amide bonds. The number of esters is 1. The van der Waals surface area contributed by atoms with Crippen LogP contribution in [-0.2, 0) is 30.3 Å². The van der Waals surface area contributed by atoms with Crippen molar-refractivity contribution in [2.24, 2.45) is 11.8 Å². The van der Waals surface area contributed by atoms with Gasteiger partial charge < -0.3 is 24.8 Å². The first-order valence-electron chi connectivity index (χ1n) is 12.3. The van der Waals surface area contributed by atoms with Crippen LogP contribution >= 0.6 is 27.5 Å². The molecule has 2 N–H and O–H groups in total. The molecule has 3 saturated heterocycles. The minimum atomic E-state index is -1.24. The molecule has 10 heteroatoms. The Balaban J connectivity index is 1.56. The second-order valence-corrected chi connectivity index (χ2v) is 11.3. The van der Waals surface area contributed by atoms with E-state index in [9.17, 15) is 19.5 Å². The average molecular weight is 592 g/mol. The van der Waals surface area contributed by atoms with E-state index in [-0.39, 0.29) is 23.9 Å². The third kappa shape index (κ3) is 4.46. The fourth-order valence-electron chi connectivity index (χ4n) is 6.15. The molecule has 1 spiro atoms. The van der Waals surface area contributed by atoms with Crippen LogP contribution < -0.4 is 5.32 Å². The number of nitrogens with zero attached hydrogens (tertiary/aromatic N) is 1. The highest BCUT2D eigenvalue weighted by molar-refractivity contribution is 9.09. The number of hydrogen-bond acceptors (Lipinski definition) is 6. The van der Waals surface area contributed by atoms with E-state index in [1.165, 1.54) is 4.90 Å². The van der Waals surface area contributed by atoms with E-state index in [2.05, 4.69) is 21.2 Å². The molecular weight excluding hydrogens is 564 g/mol. The lowest BCUT2D eigenvalue weighted by Crippen LogP contribution is -2.57. The van der Waals surface area contributed by atoms with Gasteiger partial charge in [-0.1, -0.05) is 57.9 Å². The number of halogens is 2. The average Bonchev–Trinajstić information content (AvgIpc) is 3.48. The molecule has 3 fully saturated rings. The third-order valence-electron chi connectivity index (χ3n) is 7.56. The predicted molar refractivity (Wildman–Crippen MR) is 140 cm³/mol. The van der Waals surface area contributed by atoms with Crippen LogP contribution in [0.4, 0.5) is 5.69 Å². The molecule has 3 aliphatic rings. The summed E-state index contributed by atoms with van der Waals surface area (Å²) in [5.74, 6) is -3.09. The summed E-state index contributed by atoms with van der Waals surface area (Å²) < 4.78 is 11.8. The molecule has 7 atom stereocenters. The van der Waals surface area contributed by atoms with Gasteiger partial charge >= 0.3 is 5.97 Å². The van der Waals surface area contributed by atoms with Crippen LogP contribution in [-0.4, -0.2) is 69.6 Å². The number of benzene rings is 2.